The molecule has 0 unspecified atom stereocenters. The van der Waals surface area contributed by atoms with Crippen LogP contribution in [-0.4, -0.2) is 32.3 Å². The number of nitrogens with one attached hydrogen (secondary N) is 1. The Bertz CT molecular complexity index is 660. The van der Waals surface area contributed by atoms with Crippen LogP contribution in [0.4, 0.5) is 0 Å². The minimum atomic E-state index is -0.608. The van der Waals surface area contributed by atoms with E-state index in [2.05, 4.69) is 5.32 Å². The molecule has 0 aliphatic carbocycles. The van der Waals surface area contributed by atoms with Crippen molar-refractivity contribution in [1.29, 1.82) is 0 Å². The van der Waals surface area contributed by atoms with Crippen LogP contribution in [0.3, 0.4) is 0 Å². The molecule has 1 N–H and O–H groups in total. The van der Waals surface area contributed by atoms with E-state index >= 15 is 0 Å². The van der Waals surface area contributed by atoms with Gasteiger partial charge < -0.3 is 19.5 Å². The van der Waals surface area contributed by atoms with Crippen molar-refractivity contribution >= 4 is 17.5 Å². The number of rotatable bonds is 8. The number of carbonyl (C=O) groups excluding carboxylic acids is 1. The van der Waals surface area contributed by atoms with Gasteiger partial charge in [0, 0.05) is 11.1 Å². The molecule has 2 rings (SSSR count). The minimum Gasteiger partial charge on any atom is -0.497 e. The molecule has 0 bridgehead atoms. The van der Waals surface area contributed by atoms with Crippen LogP contribution in [0.25, 0.3) is 0 Å². The van der Waals surface area contributed by atoms with Crippen LogP contribution in [0, 0.1) is 0 Å². The van der Waals surface area contributed by atoms with E-state index in [-0.39, 0.29) is 5.91 Å². The number of hydrogen-bond donors (Lipinski definition) is 1. The lowest BCUT2D eigenvalue weighted by atomic mass is 10.3. The van der Waals surface area contributed by atoms with Gasteiger partial charge in [-0.2, -0.15) is 0 Å². The zero-order valence-corrected chi connectivity index (χ0v) is 14.4. The van der Waals surface area contributed by atoms with E-state index in [0.29, 0.717) is 29.7 Å². The largest absolute Gasteiger partial charge is 0.497 e. The lowest BCUT2D eigenvalue weighted by Crippen LogP contribution is -2.38. The maximum absolute atomic E-state index is 12.0. The SMILES string of the molecule is COc1cccc(OCCNC(=O)[C@@H](C)Oc2ccc(Cl)cc2)c1. The number of halogens is 1. The van der Waals surface area contributed by atoms with Gasteiger partial charge >= 0.3 is 0 Å². The van der Waals surface area contributed by atoms with Gasteiger partial charge in [0.1, 0.15) is 23.9 Å². The van der Waals surface area contributed by atoms with Gasteiger partial charge in [0.05, 0.1) is 13.7 Å². The van der Waals surface area contributed by atoms with E-state index in [0.717, 1.165) is 5.75 Å². The van der Waals surface area contributed by atoms with E-state index in [1.54, 1.807) is 44.4 Å². The smallest absolute Gasteiger partial charge is 0.260 e. The second-order valence-corrected chi connectivity index (χ2v) is 5.47. The molecule has 0 radical (unpaired) electrons. The molecule has 6 heteroatoms. The molecule has 0 saturated carbocycles. The van der Waals surface area contributed by atoms with Gasteiger partial charge in [-0.05, 0) is 43.3 Å². The van der Waals surface area contributed by atoms with Crippen LogP contribution < -0.4 is 19.5 Å². The van der Waals surface area contributed by atoms with Gasteiger partial charge in [-0.1, -0.05) is 17.7 Å². The zero-order valence-electron chi connectivity index (χ0n) is 13.6. The molecular weight excluding hydrogens is 330 g/mol. The number of amides is 1. The Kier molecular flexibility index (Phi) is 6.75. The average Bonchev–Trinajstić information content (AvgIpc) is 2.60. The lowest BCUT2D eigenvalue weighted by Gasteiger charge is -2.15. The van der Waals surface area contributed by atoms with Crippen molar-refractivity contribution in [2.45, 2.75) is 13.0 Å². The lowest BCUT2D eigenvalue weighted by molar-refractivity contribution is -0.127. The van der Waals surface area contributed by atoms with E-state index < -0.39 is 6.10 Å². The maximum Gasteiger partial charge on any atom is 0.260 e. The summed E-state index contributed by atoms with van der Waals surface area (Å²) in [6, 6.07) is 14.2. The Morgan fingerprint density at radius 1 is 1.12 bits per heavy atom. The van der Waals surface area contributed by atoms with Gasteiger partial charge in [0.2, 0.25) is 0 Å². The molecule has 128 valence electrons. The Morgan fingerprint density at radius 2 is 1.83 bits per heavy atom. The van der Waals surface area contributed by atoms with Crippen LogP contribution in [0.2, 0.25) is 5.02 Å². The highest BCUT2D eigenvalue weighted by atomic mass is 35.5. The highest BCUT2D eigenvalue weighted by Crippen LogP contribution is 2.18. The first-order valence-corrected chi connectivity index (χ1v) is 7.93. The number of benzene rings is 2. The van der Waals surface area contributed by atoms with E-state index in [4.69, 9.17) is 25.8 Å². The van der Waals surface area contributed by atoms with Crippen molar-refractivity contribution in [2.24, 2.45) is 0 Å². The maximum atomic E-state index is 12.0. The molecule has 2 aromatic rings. The normalized spacial score (nSPS) is 11.5. The van der Waals surface area contributed by atoms with Crippen molar-refractivity contribution in [3.8, 4) is 17.2 Å². The molecule has 24 heavy (non-hydrogen) atoms. The van der Waals surface area contributed by atoms with Crippen LogP contribution in [0.1, 0.15) is 6.92 Å². The summed E-state index contributed by atoms with van der Waals surface area (Å²) in [6.45, 7) is 2.42. The summed E-state index contributed by atoms with van der Waals surface area (Å²) in [6.07, 6.45) is -0.608. The summed E-state index contributed by atoms with van der Waals surface area (Å²) in [4.78, 5) is 12.0. The summed E-state index contributed by atoms with van der Waals surface area (Å²) in [5, 5.41) is 3.39. The van der Waals surface area contributed by atoms with Crippen LogP contribution >= 0.6 is 11.6 Å². The Labute approximate surface area is 146 Å². The number of ether oxygens (including phenoxy) is 3. The molecule has 0 aliphatic rings. The fourth-order valence-electron chi connectivity index (χ4n) is 1.95. The van der Waals surface area contributed by atoms with Crippen molar-refractivity contribution in [1.82, 2.24) is 5.32 Å². The van der Waals surface area contributed by atoms with Gasteiger partial charge in [-0.15, -0.1) is 0 Å². The first-order chi connectivity index (χ1) is 11.6. The second-order valence-electron chi connectivity index (χ2n) is 5.03. The van der Waals surface area contributed by atoms with Gasteiger partial charge in [-0.25, -0.2) is 0 Å². The molecule has 0 heterocycles. The highest BCUT2D eigenvalue weighted by molar-refractivity contribution is 6.30. The standard InChI is InChI=1S/C18H20ClNO4/c1-13(24-15-8-6-14(19)7-9-15)18(21)20-10-11-23-17-5-3-4-16(12-17)22-2/h3-9,12-13H,10-11H2,1-2H3,(H,20,21)/t13-/m1/s1. The number of carbonyl (C=O) groups is 1. The molecule has 2 aromatic carbocycles. The highest BCUT2D eigenvalue weighted by Gasteiger charge is 2.14. The van der Waals surface area contributed by atoms with Crippen LogP contribution in [-0.2, 0) is 4.79 Å². The van der Waals surface area contributed by atoms with Gasteiger partial charge in [0.25, 0.3) is 5.91 Å². The monoisotopic (exact) mass is 349 g/mol. The van der Waals surface area contributed by atoms with Crippen LogP contribution in [0.5, 0.6) is 17.2 Å². The quantitative estimate of drug-likeness (QED) is 0.743. The third-order valence-corrected chi connectivity index (χ3v) is 3.46. The fourth-order valence-corrected chi connectivity index (χ4v) is 2.07. The summed E-state index contributed by atoms with van der Waals surface area (Å²) in [5.41, 5.74) is 0. The molecule has 0 aliphatic heterocycles. The summed E-state index contributed by atoms with van der Waals surface area (Å²) in [7, 11) is 1.60. The molecule has 5 nitrogen and oxygen atoms in total. The Balaban J connectivity index is 1.71. The Hall–Kier alpha value is -2.40. The molecule has 1 atom stereocenters. The van der Waals surface area contributed by atoms with E-state index in [9.17, 15) is 4.79 Å². The number of hydrogen-bond acceptors (Lipinski definition) is 4. The first kappa shape index (κ1) is 17.9. The molecule has 0 spiro atoms. The predicted octanol–water partition coefficient (Wildman–Crippen LogP) is 3.31. The van der Waals surface area contributed by atoms with Gasteiger partial charge in [0.15, 0.2) is 6.10 Å². The first-order valence-electron chi connectivity index (χ1n) is 7.55. The summed E-state index contributed by atoms with van der Waals surface area (Å²) in [5.74, 6) is 1.80. The zero-order chi connectivity index (χ0) is 17.4. The van der Waals surface area contributed by atoms with Crippen LogP contribution in [0.15, 0.2) is 48.5 Å². The van der Waals surface area contributed by atoms with E-state index in [1.807, 2.05) is 18.2 Å². The van der Waals surface area contributed by atoms with Crippen molar-refractivity contribution in [3.05, 3.63) is 53.6 Å². The summed E-state index contributed by atoms with van der Waals surface area (Å²) >= 11 is 5.81. The molecule has 1 amide bonds. The van der Waals surface area contributed by atoms with Crippen molar-refractivity contribution < 1.29 is 19.0 Å². The van der Waals surface area contributed by atoms with Gasteiger partial charge in [-0.3, -0.25) is 4.79 Å². The van der Waals surface area contributed by atoms with Crippen molar-refractivity contribution in [3.63, 3.8) is 0 Å². The predicted molar refractivity (Wildman–Crippen MR) is 93.0 cm³/mol. The third-order valence-electron chi connectivity index (χ3n) is 3.21. The topological polar surface area (TPSA) is 56.8 Å². The third kappa shape index (κ3) is 5.66. The molecule has 0 fully saturated rings. The second kappa shape index (κ2) is 9.03. The number of methoxy groups -OCH3 is 1. The molecule has 0 aromatic heterocycles. The Morgan fingerprint density at radius 3 is 2.54 bits per heavy atom. The molecule has 0 saturated heterocycles. The average molecular weight is 350 g/mol. The van der Waals surface area contributed by atoms with Crippen molar-refractivity contribution in [2.75, 3.05) is 20.3 Å². The molecular formula is C18H20ClNO4. The fraction of sp³-hybridized carbons (Fsp3) is 0.278. The van der Waals surface area contributed by atoms with E-state index in [1.165, 1.54) is 0 Å². The minimum absolute atomic E-state index is 0.209. The summed E-state index contributed by atoms with van der Waals surface area (Å²) < 4.78 is 16.2.